The molecule has 0 bridgehead atoms. The number of amides is 1. The molecular formula is C20H21Cl2FN2O2. The molecule has 1 aliphatic rings. The second-order valence-electron chi connectivity index (χ2n) is 6.52. The summed E-state index contributed by atoms with van der Waals surface area (Å²) in [6, 6.07) is 9.72. The second-order valence-corrected chi connectivity index (χ2v) is 7.34. The molecule has 1 saturated heterocycles. The number of carbonyl (C=O) groups is 1. The summed E-state index contributed by atoms with van der Waals surface area (Å²) < 4.78 is 18.2. The highest BCUT2D eigenvalue weighted by Gasteiger charge is 2.22. The number of ether oxygens (including phenoxy) is 1. The fourth-order valence-electron chi connectivity index (χ4n) is 3.24. The van der Waals surface area contributed by atoms with Gasteiger partial charge in [-0.1, -0.05) is 35.3 Å². The molecule has 1 heterocycles. The Morgan fingerprint density at radius 3 is 2.37 bits per heavy atom. The van der Waals surface area contributed by atoms with Crippen molar-refractivity contribution in [3.05, 3.63) is 63.4 Å². The predicted octanol–water partition coefficient (Wildman–Crippen LogP) is 4.49. The average Bonchev–Trinajstić information content (AvgIpc) is 2.88. The van der Waals surface area contributed by atoms with Gasteiger partial charge in [-0.15, -0.1) is 0 Å². The topological polar surface area (TPSA) is 32.8 Å². The lowest BCUT2D eigenvalue weighted by Crippen LogP contribution is -2.35. The molecule has 7 heteroatoms. The summed E-state index contributed by atoms with van der Waals surface area (Å²) in [5.41, 5.74) is 1.52. The van der Waals surface area contributed by atoms with Gasteiger partial charge in [0.25, 0.3) is 5.91 Å². The van der Waals surface area contributed by atoms with Gasteiger partial charge in [-0.25, -0.2) is 4.39 Å². The lowest BCUT2D eigenvalue weighted by atomic mass is 10.2. The Morgan fingerprint density at radius 1 is 1.07 bits per heavy atom. The molecule has 0 radical (unpaired) electrons. The van der Waals surface area contributed by atoms with Gasteiger partial charge in [0.2, 0.25) is 0 Å². The molecule has 0 aromatic heterocycles. The number of methoxy groups -OCH3 is 1. The van der Waals surface area contributed by atoms with Crippen molar-refractivity contribution in [2.24, 2.45) is 0 Å². The fraction of sp³-hybridized carbons (Fsp3) is 0.350. The van der Waals surface area contributed by atoms with E-state index in [9.17, 15) is 9.18 Å². The van der Waals surface area contributed by atoms with Crippen LogP contribution in [0.15, 0.2) is 36.4 Å². The zero-order valence-corrected chi connectivity index (χ0v) is 16.6. The van der Waals surface area contributed by atoms with E-state index in [0.29, 0.717) is 34.4 Å². The van der Waals surface area contributed by atoms with Gasteiger partial charge in [0.15, 0.2) is 5.75 Å². The van der Waals surface area contributed by atoms with Crippen LogP contribution < -0.4 is 4.74 Å². The monoisotopic (exact) mass is 410 g/mol. The smallest absolute Gasteiger partial charge is 0.254 e. The van der Waals surface area contributed by atoms with E-state index in [1.165, 1.54) is 19.2 Å². The van der Waals surface area contributed by atoms with E-state index in [4.69, 9.17) is 27.9 Å². The normalized spacial score (nSPS) is 15.5. The van der Waals surface area contributed by atoms with Crippen molar-refractivity contribution in [1.29, 1.82) is 0 Å². The van der Waals surface area contributed by atoms with Crippen LogP contribution in [0.25, 0.3) is 0 Å². The van der Waals surface area contributed by atoms with Gasteiger partial charge in [-0.05, 0) is 36.2 Å². The number of carbonyl (C=O) groups excluding carboxylic acids is 1. The van der Waals surface area contributed by atoms with Crippen LogP contribution in [-0.2, 0) is 6.54 Å². The van der Waals surface area contributed by atoms with E-state index >= 15 is 0 Å². The second kappa shape index (κ2) is 8.91. The summed E-state index contributed by atoms with van der Waals surface area (Å²) in [5.74, 6) is 0.0458. The van der Waals surface area contributed by atoms with Crippen LogP contribution >= 0.6 is 23.2 Å². The summed E-state index contributed by atoms with van der Waals surface area (Å²) >= 11 is 12.3. The summed E-state index contributed by atoms with van der Waals surface area (Å²) in [5, 5.41) is 0.641. The zero-order chi connectivity index (χ0) is 19.4. The maximum atomic E-state index is 13.1. The molecule has 2 aromatic carbocycles. The third-order valence-electron chi connectivity index (χ3n) is 4.64. The van der Waals surface area contributed by atoms with Crippen molar-refractivity contribution in [3.63, 3.8) is 0 Å². The van der Waals surface area contributed by atoms with Crippen molar-refractivity contribution in [1.82, 2.24) is 9.80 Å². The maximum absolute atomic E-state index is 13.1. The first kappa shape index (κ1) is 19.9. The highest BCUT2D eigenvalue weighted by atomic mass is 35.5. The molecular weight excluding hydrogens is 390 g/mol. The number of rotatable bonds is 4. The van der Waals surface area contributed by atoms with E-state index in [0.717, 1.165) is 31.6 Å². The summed E-state index contributed by atoms with van der Waals surface area (Å²) in [6.45, 7) is 3.65. The largest absolute Gasteiger partial charge is 0.494 e. The Bertz CT molecular complexity index is 791. The SMILES string of the molecule is COc1c(Cl)cc(C(=O)N2CCCN(Cc3ccc(F)cc3)CC2)cc1Cl. The van der Waals surface area contributed by atoms with E-state index in [2.05, 4.69) is 4.90 Å². The number of halogens is 3. The lowest BCUT2D eigenvalue weighted by Gasteiger charge is -2.22. The third kappa shape index (κ3) is 4.92. The molecule has 0 spiro atoms. The Kier molecular flexibility index (Phi) is 6.58. The maximum Gasteiger partial charge on any atom is 0.254 e. The summed E-state index contributed by atoms with van der Waals surface area (Å²) in [6.07, 6.45) is 0.866. The van der Waals surface area contributed by atoms with Crippen LogP contribution in [0.3, 0.4) is 0 Å². The quantitative estimate of drug-likeness (QED) is 0.744. The molecule has 0 saturated carbocycles. The third-order valence-corrected chi connectivity index (χ3v) is 5.21. The minimum atomic E-state index is -0.233. The van der Waals surface area contributed by atoms with Crippen molar-refractivity contribution in [2.75, 3.05) is 33.3 Å². The number of hydrogen-bond acceptors (Lipinski definition) is 3. The Balaban J connectivity index is 1.65. The van der Waals surface area contributed by atoms with Crippen molar-refractivity contribution < 1.29 is 13.9 Å². The standard InChI is InChI=1S/C20H21Cl2FN2O2/c1-27-19-17(21)11-15(12-18(19)22)20(26)25-8-2-7-24(9-10-25)13-14-3-5-16(23)6-4-14/h3-6,11-12H,2,7-10,13H2,1H3. The number of hydrogen-bond donors (Lipinski definition) is 0. The van der Waals surface area contributed by atoms with Crippen molar-refractivity contribution in [3.8, 4) is 5.75 Å². The average molecular weight is 411 g/mol. The van der Waals surface area contributed by atoms with E-state index in [1.807, 2.05) is 4.90 Å². The Labute approximate surface area is 168 Å². The first-order valence-electron chi connectivity index (χ1n) is 8.77. The highest BCUT2D eigenvalue weighted by Crippen LogP contribution is 2.34. The molecule has 1 aliphatic heterocycles. The van der Waals surface area contributed by atoms with Gasteiger partial charge in [0.1, 0.15) is 5.82 Å². The number of benzene rings is 2. The lowest BCUT2D eigenvalue weighted by molar-refractivity contribution is 0.0761. The van der Waals surface area contributed by atoms with E-state index < -0.39 is 0 Å². The Morgan fingerprint density at radius 2 is 1.74 bits per heavy atom. The first-order chi connectivity index (χ1) is 13.0. The van der Waals surface area contributed by atoms with Crippen LogP contribution in [0.2, 0.25) is 10.0 Å². The molecule has 27 heavy (non-hydrogen) atoms. The van der Waals surface area contributed by atoms with Gasteiger partial charge in [-0.3, -0.25) is 9.69 Å². The molecule has 0 unspecified atom stereocenters. The van der Waals surface area contributed by atoms with Crippen LogP contribution in [0.5, 0.6) is 5.75 Å². The van der Waals surface area contributed by atoms with Crippen molar-refractivity contribution >= 4 is 29.1 Å². The number of nitrogens with zero attached hydrogens (tertiary/aromatic N) is 2. The molecule has 1 fully saturated rings. The Hall–Kier alpha value is -1.82. The molecule has 2 aromatic rings. The van der Waals surface area contributed by atoms with Crippen LogP contribution in [0.1, 0.15) is 22.3 Å². The molecule has 3 rings (SSSR count). The van der Waals surface area contributed by atoms with Gasteiger partial charge >= 0.3 is 0 Å². The first-order valence-corrected chi connectivity index (χ1v) is 9.52. The molecule has 0 N–H and O–H groups in total. The zero-order valence-electron chi connectivity index (χ0n) is 15.1. The van der Waals surface area contributed by atoms with Crippen LogP contribution in [-0.4, -0.2) is 49.0 Å². The summed E-state index contributed by atoms with van der Waals surface area (Å²) in [7, 11) is 1.49. The molecule has 1 amide bonds. The van der Waals surface area contributed by atoms with Crippen molar-refractivity contribution in [2.45, 2.75) is 13.0 Å². The molecule has 4 nitrogen and oxygen atoms in total. The molecule has 144 valence electrons. The van der Waals surface area contributed by atoms with E-state index in [-0.39, 0.29) is 11.7 Å². The molecule has 0 atom stereocenters. The molecule has 0 aliphatic carbocycles. The van der Waals surface area contributed by atoms with Crippen LogP contribution in [0.4, 0.5) is 4.39 Å². The highest BCUT2D eigenvalue weighted by molar-refractivity contribution is 6.37. The van der Waals surface area contributed by atoms with Gasteiger partial charge in [0.05, 0.1) is 17.2 Å². The minimum absolute atomic E-state index is 0.0925. The summed E-state index contributed by atoms with van der Waals surface area (Å²) in [4.78, 5) is 17.0. The van der Waals surface area contributed by atoms with Gasteiger partial charge < -0.3 is 9.64 Å². The van der Waals surface area contributed by atoms with Gasteiger partial charge in [0, 0.05) is 38.3 Å². The fourth-order valence-corrected chi connectivity index (χ4v) is 3.88. The van der Waals surface area contributed by atoms with Crippen LogP contribution in [0, 0.1) is 5.82 Å². The minimum Gasteiger partial charge on any atom is -0.494 e. The van der Waals surface area contributed by atoms with E-state index in [1.54, 1.807) is 24.3 Å². The van der Waals surface area contributed by atoms with Gasteiger partial charge in [-0.2, -0.15) is 0 Å². The predicted molar refractivity (Wildman–Crippen MR) is 105 cm³/mol.